The lowest BCUT2D eigenvalue weighted by Gasteiger charge is -2.37. The van der Waals surface area contributed by atoms with Gasteiger partial charge in [-0.05, 0) is 23.8 Å². The lowest BCUT2D eigenvalue weighted by molar-refractivity contribution is -0.150. The predicted octanol–water partition coefficient (Wildman–Crippen LogP) is 4.27. The molecule has 0 aliphatic carbocycles. The molecule has 5 heteroatoms. The fraction of sp³-hybridized carbons (Fsp3) is 0.208. The lowest BCUT2D eigenvalue weighted by atomic mass is 9.76. The van der Waals surface area contributed by atoms with E-state index >= 15 is 0 Å². The van der Waals surface area contributed by atoms with Crippen LogP contribution in [-0.4, -0.2) is 30.9 Å². The number of hydrogen-bond donors (Lipinski definition) is 1. The lowest BCUT2D eigenvalue weighted by Crippen LogP contribution is -2.41. The number of aromatic hydroxyl groups is 1. The molecule has 4 rings (SSSR count). The van der Waals surface area contributed by atoms with Gasteiger partial charge in [0.1, 0.15) is 17.2 Å². The van der Waals surface area contributed by atoms with Gasteiger partial charge in [0.15, 0.2) is 0 Å². The number of esters is 1. The maximum absolute atomic E-state index is 12.8. The standard InChI is InChI=1S/C24H22O5/c1-27-24(26)23(29-18-10-6-3-7-11-18)22-19-13-12-17(25)14-21(19)28-15-20(22)16-8-4-2-5-9-16/h2-14,20,22-23,25H,15H2,1H3. The van der Waals surface area contributed by atoms with E-state index in [1.165, 1.54) is 7.11 Å². The van der Waals surface area contributed by atoms with Crippen LogP contribution in [0.3, 0.4) is 0 Å². The highest BCUT2D eigenvalue weighted by Gasteiger charge is 2.43. The van der Waals surface area contributed by atoms with Gasteiger partial charge in [0.2, 0.25) is 6.10 Å². The molecule has 1 aliphatic rings. The molecule has 0 spiro atoms. The first-order chi connectivity index (χ1) is 14.2. The van der Waals surface area contributed by atoms with E-state index in [2.05, 4.69) is 0 Å². The summed E-state index contributed by atoms with van der Waals surface area (Å²) in [5.74, 6) is 0.310. The van der Waals surface area contributed by atoms with Crippen molar-refractivity contribution in [3.63, 3.8) is 0 Å². The summed E-state index contributed by atoms with van der Waals surface area (Å²) in [5, 5.41) is 9.88. The number of para-hydroxylation sites is 1. The Balaban J connectivity index is 1.81. The molecule has 3 atom stereocenters. The van der Waals surface area contributed by atoms with Gasteiger partial charge < -0.3 is 19.3 Å². The van der Waals surface area contributed by atoms with E-state index in [1.807, 2.05) is 60.7 Å². The first-order valence-corrected chi connectivity index (χ1v) is 9.47. The zero-order chi connectivity index (χ0) is 20.2. The Morgan fingerprint density at radius 2 is 1.72 bits per heavy atom. The molecule has 29 heavy (non-hydrogen) atoms. The van der Waals surface area contributed by atoms with Crippen molar-refractivity contribution in [3.05, 3.63) is 90.0 Å². The molecule has 3 aromatic rings. The molecule has 0 saturated heterocycles. The summed E-state index contributed by atoms with van der Waals surface area (Å²) in [7, 11) is 1.36. The van der Waals surface area contributed by atoms with Crippen LogP contribution in [0.5, 0.6) is 17.2 Å². The minimum atomic E-state index is -0.875. The molecule has 0 radical (unpaired) electrons. The Morgan fingerprint density at radius 3 is 2.41 bits per heavy atom. The summed E-state index contributed by atoms with van der Waals surface area (Å²) in [6, 6.07) is 24.1. The molecule has 0 fully saturated rings. The zero-order valence-electron chi connectivity index (χ0n) is 16.0. The van der Waals surface area contributed by atoms with Crippen molar-refractivity contribution in [2.75, 3.05) is 13.7 Å². The Bertz CT molecular complexity index is 971. The van der Waals surface area contributed by atoms with E-state index in [-0.39, 0.29) is 17.6 Å². The molecule has 0 saturated carbocycles. The highest BCUT2D eigenvalue weighted by molar-refractivity contribution is 5.77. The summed E-state index contributed by atoms with van der Waals surface area (Å²) in [5.41, 5.74) is 1.84. The number of phenols is 1. The number of carbonyl (C=O) groups is 1. The summed E-state index contributed by atoms with van der Waals surface area (Å²) in [6.07, 6.45) is -0.875. The van der Waals surface area contributed by atoms with E-state index in [0.29, 0.717) is 18.1 Å². The van der Waals surface area contributed by atoms with Crippen LogP contribution in [0.25, 0.3) is 0 Å². The normalized spacial score (nSPS) is 18.8. The van der Waals surface area contributed by atoms with Crippen molar-refractivity contribution in [2.24, 2.45) is 0 Å². The van der Waals surface area contributed by atoms with Crippen LogP contribution >= 0.6 is 0 Å². The van der Waals surface area contributed by atoms with Gasteiger partial charge in [0.05, 0.1) is 13.7 Å². The maximum atomic E-state index is 12.8. The van der Waals surface area contributed by atoms with Gasteiger partial charge in [-0.3, -0.25) is 0 Å². The van der Waals surface area contributed by atoms with Crippen molar-refractivity contribution in [3.8, 4) is 17.2 Å². The SMILES string of the molecule is COC(=O)C(Oc1ccccc1)C1c2ccc(O)cc2OCC1c1ccccc1. The average molecular weight is 390 g/mol. The van der Waals surface area contributed by atoms with Gasteiger partial charge in [-0.25, -0.2) is 4.79 Å². The highest BCUT2D eigenvalue weighted by atomic mass is 16.6. The van der Waals surface area contributed by atoms with Gasteiger partial charge in [-0.1, -0.05) is 54.6 Å². The van der Waals surface area contributed by atoms with E-state index in [0.717, 1.165) is 11.1 Å². The Labute approximate surface area is 169 Å². The van der Waals surface area contributed by atoms with E-state index in [9.17, 15) is 9.90 Å². The Hall–Kier alpha value is -3.47. The van der Waals surface area contributed by atoms with Gasteiger partial charge in [-0.15, -0.1) is 0 Å². The average Bonchev–Trinajstić information content (AvgIpc) is 2.77. The zero-order valence-corrected chi connectivity index (χ0v) is 16.0. The molecule has 1 aliphatic heterocycles. The third kappa shape index (κ3) is 3.90. The second kappa shape index (κ2) is 8.27. The summed E-state index contributed by atoms with van der Waals surface area (Å²) >= 11 is 0. The highest BCUT2D eigenvalue weighted by Crippen LogP contribution is 2.46. The van der Waals surface area contributed by atoms with Crippen LogP contribution in [0.15, 0.2) is 78.9 Å². The first-order valence-electron chi connectivity index (χ1n) is 9.47. The van der Waals surface area contributed by atoms with Crippen molar-refractivity contribution in [1.29, 1.82) is 0 Å². The van der Waals surface area contributed by atoms with Crippen LogP contribution in [0.1, 0.15) is 23.0 Å². The van der Waals surface area contributed by atoms with E-state index < -0.39 is 12.1 Å². The molecule has 3 unspecified atom stereocenters. The number of phenolic OH excluding ortho intramolecular Hbond substituents is 1. The number of ether oxygens (including phenoxy) is 3. The molecular formula is C24H22O5. The molecule has 1 heterocycles. The molecule has 0 amide bonds. The number of benzene rings is 3. The van der Waals surface area contributed by atoms with Crippen LogP contribution in [0.4, 0.5) is 0 Å². The van der Waals surface area contributed by atoms with Gasteiger partial charge in [0.25, 0.3) is 0 Å². The molecule has 0 aromatic heterocycles. The maximum Gasteiger partial charge on any atom is 0.347 e. The number of fused-ring (bicyclic) bond motifs is 1. The Morgan fingerprint density at radius 1 is 1.03 bits per heavy atom. The van der Waals surface area contributed by atoms with Crippen molar-refractivity contribution < 1.29 is 24.1 Å². The van der Waals surface area contributed by atoms with Gasteiger partial charge in [-0.2, -0.15) is 0 Å². The third-order valence-electron chi connectivity index (χ3n) is 5.20. The summed E-state index contributed by atoms with van der Waals surface area (Å²) < 4.78 is 17.2. The minimum absolute atomic E-state index is 0.110. The first kappa shape index (κ1) is 18.9. The fourth-order valence-electron chi connectivity index (χ4n) is 3.83. The summed E-state index contributed by atoms with van der Waals surface area (Å²) in [4.78, 5) is 12.8. The number of rotatable bonds is 5. The minimum Gasteiger partial charge on any atom is -0.508 e. The monoisotopic (exact) mass is 390 g/mol. The summed E-state index contributed by atoms with van der Waals surface area (Å²) in [6.45, 7) is 0.358. The van der Waals surface area contributed by atoms with Gasteiger partial charge in [0, 0.05) is 23.5 Å². The molecule has 0 bridgehead atoms. The second-order valence-corrected chi connectivity index (χ2v) is 6.95. The van der Waals surface area contributed by atoms with Crippen LogP contribution < -0.4 is 9.47 Å². The molecule has 3 aromatic carbocycles. The number of methoxy groups -OCH3 is 1. The largest absolute Gasteiger partial charge is 0.508 e. The van der Waals surface area contributed by atoms with E-state index in [1.54, 1.807) is 18.2 Å². The van der Waals surface area contributed by atoms with Crippen LogP contribution in [-0.2, 0) is 9.53 Å². The number of hydrogen-bond acceptors (Lipinski definition) is 5. The van der Waals surface area contributed by atoms with Crippen molar-refractivity contribution >= 4 is 5.97 Å². The molecule has 1 N–H and O–H groups in total. The quantitative estimate of drug-likeness (QED) is 0.659. The van der Waals surface area contributed by atoms with E-state index in [4.69, 9.17) is 14.2 Å². The van der Waals surface area contributed by atoms with Crippen molar-refractivity contribution in [2.45, 2.75) is 17.9 Å². The molecular weight excluding hydrogens is 368 g/mol. The smallest absolute Gasteiger partial charge is 0.347 e. The fourth-order valence-corrected chi connectivity index (χ4v) is 3.83. The molecule has 148 valence electrons. The van der Waals surface area contributed by atoms with Crippen molar-refractivity contribution in [1.82, 2.24) is 0 Å². The second-order valence-electron chi connectivity index (χ2n) is 6.95. The van der Waals surface area contributed by atoms with Gasteiger partial charge >= 0.3 is 5.97 Å². The number of carbonyl (C=O) groups excluding carboxylic acids is 1. The predicted molar refractivity (Wildman–Crippen MR) is 108 cm³/mol. The third-order valence-corrected chi connectivity index (χ3v) is 5.20. The van der Waals surface area contributed by atoms with Crippen LogP contribution in [0, 0.1) is 0 Å². The molecule has 5 nitrogen and oxygen atoms in total. The van der Waals surface area contributed by atoms with Crippen LogP contribution in [0.2, 0.25) is 0 Å². The Kier molecular flexibility index (Phi) is 5.38. The topological polar surface area (TPSA) is 65.0 Å².